The van der Waals surface area contributed by atoms with E-state index in [1.54, 1.807) is 0 Å². The molecule has 0 aliphatic heterocycles. The van der Waals surface area contributed by atoms with Gasteiger partial charge in [-0.25, -0.2) is 8.42 Å². The van der Waals surface area contributed by atoms with Crippen molar-refractivity contribution in [2.75, 3.05) is 7.05 Å². The summed E-state index contributed by atoms with van der Waals surface area (Å²) in [5.41, 5.74) is 1.47. The molecule has 2 aromatic rings. The molecule has 0 saturated heterocycles. The SMILES string of the molecule is Cc1ccc(CN(C)S(=O)(=O)c2c[nH]c(=O)c(Cl)c2)cc1. The number of pyridine rings is 1. The average Bonchev–Trinajstić information content (AvgIpc) is 2.44. The Morgan fingerprint density at radius 1 is 1.24 bits per heavy atom. The number of rotatable bonds is 4. The summed E-state index contributed by atoms with van der Waals surface area (Å²) in [6.07, 6.45) is 1.15. The number of H-pyrrole nitrogens is 1. The molecular weight excluding hydrogens is 312 g/mol. The predicted molar refractivity (Wildman–Crippen MR) is 81.9 cm³/mol. The van der Waals surface area contributed by atoms with Gasteiger partial charge in [0.1, 0.15) is 5.02 Å². The van der Waals surface area contributed by atoms with E-state index >= 15 is 0 Å². The Morgan fingerprint density at radius 3 is 2.43 bits per heavy atom. The van der Waals surface area contributed by atoms with E-state index in [-0.39, 0.29) is 16.5 Å². The molecule has 0 saturated carbocycles. The zero-order valence-electron chi connectivity index (χ0n) is 11.6. The highest BCUT2D eigenvalue weighted by Crippen LogP contribution is 2.17. The van der Waals surface area contributed by atoms with E-state index < -0.39 is 15.6 Å². The minimum atomic E-state index is -3.71. The number of aromatic nitrogens is 1. The quantitative estimate of drug-likeness (QED) is 0.936. The summed E-state index contributed by atoms with van der Waals surface area (Å²) in [5, 5.41) is -0.153. The smallest absolute Gasteiger partial charge is 0.266 e. The first-order valence-electron chi connectivity index (χ1n) is 6.21. The van der Waals surface area contributed by atoms with E-state index in [9.17, 15) is 13.2 Å². The molecule has 0 radical (unpaired) electrons. The fourth-order valence-electron chi connectivity index (χ4n) is 1.80. The van der Waals surface area contributed by atoms with Gasteiger partial charge in [0.2, 0.25) is 10.0 Å². The lowest BCUT2D eigenvalue weighted by Gasteiger charge is -2.17. The molecule has 0 atom stereocenters. The van der Waals surface area contributed by atoms with Gasteiger partial charge in [-0.2, -0.15) is 4.31 Å². The van der Waals surface area contributed by atoms with Crippen LogP contribution in [0.5, 0.6) is 0 Å². The van der Waals surface area contributed by atoms with Gasteiger partial charge in [0, 0.05) is 19.8 Å². The van der Waals surface area contributed by atoms with Crippen molar-refractivity contribution in [1.29, 1.82) is 0 Å². The van der Waals surface area contributed by atoms with Gasteiger partial charge < -0.3 is 4.98 Å². The highest BCUT2D eigenvalue weighted by molar-refractivity contribution is 7.89. The maximum Gasteiger partial charge on any atom is 0.266 e. The highest BCUT2D eigenvalue weighted by atomic mass is 35.5. The lowest BCUT2D eigenvalue weighted by molar-refractivity contribution is 0.466. The molecule has 0 aliphatic rings. The molecule has 0 aliphatic carbocycles. The maximum atomic E-state index is 12.4. The van der Waals surface area contributed by atoms with Crippen molar-refractivity contribution >= 4 is 21.6 Å². The summed E-state index contributed by atoms with van der Waals surface area (Å²) in [6, 6.07) is 8.75. The van der Waals surface area contributed by atoms with Crippen molar-refractivity contribution in [2.45, 2.75) is 18.4 Å². The number of aromatic amines is 1. The van der Waals surface area contributed by atoms with Gasteiger partial charge in [-0.1, -0.05) is 41.4 Å². The van der Waals surface area contributed by atoms with Crippen LogP contribution in [0.15, 0.2) is 46.2 Å². The second kappa shape index (κ2) is 6.01. The van der Waals surface area contributed by atoms with E-state index in [0.717, 1.165) is 23.4 Å². The van der Waals surface area contributed by atoms with E-state index in [0.29, 0.717) is 0 Å². The van der Waals surface area contributed by atoms with E-state index in [1.165, 1.54) is 11.4 Å². The van der Waals surface area contributed by atoms with Crippen LogP contribution in [-0.2, 0) is 16.6 Å². The summed E-state index contributed by atoms with van der Waals surface area (Å²) in [4.78, 5) is 13.5. The molecule has 2 rings (SSSR count). The third-order valence-electron chi connectivity index (χ3n) is 3.07. The van der Waals surface area contributed by atoms with Crippen molar-refractivity contribution in [3.05, 3.63) is 63.0 Å². The number of nitrogens with one attached hydrogen (secondary N) is 1. The van der Waals surface area contributed by atoms with Crippen LogP contribution in [0.3, 0.4) is 0 Å². The minimum absolute atomic E-state index is 0.0401. The van der Waals surface area contributed by atoms with Crippen molar-refractivity contribution < 1.29 is 8.42 Å². The molecule has 0 unspecified atom stereocenters. The Balaban J connectivity index is 2.27. The van der Waals surface area contributed by atoms with Gasteiger partial charge in [-0.3, -0.25) is 4.79 Å². The zero-order valence-corrected chi connectivity index (χ0v) is 13.2. The fraction of sp³-hybridized carbons (Fsp3) is 0.214. The molecule has 5 nitrogen and oxygen atoms in total. The summed E-state index contributed by atoms with van der Waals surface area (Å²) in [6.45, 7) is 2.20. The van der Waals surface area contributed by atoms with E-state index in [1.807, 2.05) is 31.2 Å². The molecule has 1 heterocycles. The van der Waals surface area contributed by atoms with Crippen LogP contribution < -0.4 is 5.56 Å². The summed E-state index contributed by atoms with van der Waals surface area (Å²) in [7, 11) is -2.23. The van der Waals surface area contributed by atoms with E-state index in [2.05, 4.69) is 4.98 Å². The maximum absolute atomic E-state index is 12.4. The normalized spacial score (nSPS) is 11.8. The number of hydrogen-bond donors (Lipinski definition) is 1. The molecule has 1 N–H and O–H groups in total. The summed E-state index contributed by atoms with van der Waals surface area (Å²) < 4.78 is 26.0. The first kappa shape index (κ1) is 15.8. The Morgan fingerprint density at radius 2 is 1.86 bits per heavy atom. The molecule has 7 heteroatoms. The third-order valence-corrected chi connectivity index (χ3v) is 5.13. The standard InChI is InChI=1S/C14H15ClN2O3S/c1-10-3-5-11(6-4-10)9-17(2)21(19,20)12-7-13(15)14(18)16-8-12/h3-8H,9H2,1-2H3,(H,16,18). The number of benzene rings is 1. The number of aryl methyl sites for hydroxylation is 1. The number of halogens is 1. The van der Waals surface area contributed by atoms with Crippen molar-refractivity contribution in [2.24, 2.45) is 0 Å². The van der Waals surface area contributed by atoms with Gasteiger partial charge in [0.25, 0.3) is 5.56 Å². The lowest BCUT2D eigenvalue weighted by atomic mass is 10.1. The average molecular weight is 327 g/mol. The molecule has 0 amide bonds. The highest BCUT2D eigenvalue weighted by Gasteiger charge is 2.22. The van der Waals surface area contributed by atoms with Gasteiger partial charge in [-0.05, 0) is 18.6 Å². The predicted octanol–water partition coefficient (Wildman–Crippen LogP) is 2.16. The van der Waals surface area contributed by atoms with Gasteiger partial charge in [0.15, 0.2) is 0 Å². The molecule has 1 aromatic heterocycles. The molecular formula is C14H15ClN2O3S. The van der Waals surface area contributed by atoms with Gasteiger partial charge in [0.05, 0.1) is 4.90 Å². The Labute approximate surface area is 128 Å². The van der Waals surface area contributed by atoms with Gasteiger partial charge in [-0.15, -0.1) is 0 Å². The summed E-state index contributed by atoms with van der Waals surface area (Å²) >= 11 is 5.68. The largest absolute Gasteiger partial charge is 0.326 e. The molecule has 0 fully saturated rings. The number of nitrogens with zero attached hydrogens (tertiary/aromatic N) is 1. The van der Waals surface area contributed by atoms with Crippen LogP contribution in [0.1, 0.15) is 11.1 Å². The van der Waals surface area contributed by atoms with Crippen molar-refractivity contribution in [3.8, 4) is 0 Å². The molecule has 1 aromatic carbocycles. The number of sulfonamides is 1. The second-order valence-corrected chi connectivity index (χ2v) is 7.21. The second-order valence-electron chi connectivity index (χ2n) is 4.76. The fourth-order valence-corrected chi connectivity index (χ4v) is 3.19. The monoisotopic (exact) mass is 326 g/mol. The van der Waals surface area contributed by atoms with Crippen LogP contribution in [0, 0.1) is 6.92 Å². The molecule has 0 bridgehead atoms. The minimum Gasteiger partial charge on any atom is -0.326 e. The first-order chi connectivity index (χ1) is 9.80. The van der Waals surface area contributed by atoms with Crippen LogP contribution in [0.4, 0.5) is 0 Å². The topological polar surface area (TPSA) is 70.2 Å². The number of hydrogen-bond acceptors (Lipinski definition) is 3. The zero-order chi connectivity index (χ0) is 15.6. The van der Waals surface area contributed by atoms with Gasteiger partial charge >= 0.3 is 0 Å². The lowest BCUT2D eigenvalue weighted by Crippen LogP contribution is -2.27. The first-order valence-corrected chi connectivity index (χ1v) is 8.02. The van der Waals surface area contributed by atoms with Crippen LogP contribution >= 0.6 is 11.6 Å². The Hall–Kier alpha value is -1.63. The summed E-state index contributed by atoms with van der Waals surface area (Å²) in [5.74, 6) is 0. The van der Waals surface area contributed by atoms with Crippen LogP contribution in [-0.4, -0.2) is 24.8 Å². The van der Waals surface area contributed by atoms with Crippen LogP contribution in [0.2, 0.25) is 5.02 Å². The van der Waals surface area contributed by atoms with Crippen molar-refractivity contribution in [1.82, 2.24) is 9.29 Å². The molecule has 0 spiro atoms. The van der Waals surface area contributed by atoms with Crippen molar-refractivity contribution in [3.63, 3.8) is 0 Å². The Bertz CT molecular complexity index is 798. The van der Waals surface area contributed by atoms with E-state index in [4.69, 9.17) is 11.6 Å². The third kappa shape index (κ3) is 3.53. The molecule has 112 valence electrons. The Kier molecular flexibility index (Phi) is 4.51. The van der Waals surface area contributed by atoms with Crippen LogP contribution in [0.25, 0.3) is 0 Å². The molecule has 21 heavy (non-hydrogen) atoms.